The van der Waals surface area contributed by atoms with Crippen LogP contribution in [-0.2, 0) is 37.5 Å². The summed E-state index contributed by atoms with van der Waals surface area (Å²) in [6.07, 6.45) is 39.0. The quantitative estimate of drug-likeness (QED) is 0.0173. The predicted octanol–water partition coefficient (Wildman–Crippen LogP) is 8.59. The maximum atomic E-state index is 12.7. The zero-order valence-corrected chi connectivity index (χ0v) is 37.9. The minimum atomic E-state index is -4.72. The van der Waals surface area contributed by atoms with Crippen molar-refractivity contribution in [2.75, 3.05) is 26.4 Å². The molecule has 13 nitrogen and oxygen atoms in total. The lowest BCUT2D eigenvalue weighted by atomic mass is 9.90. The fraction of sp³-hybridized carbons (Fsp3) is 0.604. The molecule has 1 unspecified atom stereocenters. The highest BCUT2D eigenvalue weighted by Crippen LogP contribution is 2.43. The minimum Gasteiger partial charge on any atom is -0.462 e. The second-order valence-electron chi connectivity index (χ2n) is 15.1. The van der Waals surface area contributed by atoms with E-state index in [0.717, 1.165) is 51.4 Å². The van der Waals surface area contributed by atoms with E-state index in [9.17, 15) is 39.2 Å². The molecule has 350 valence electrons. The fourth-order valence-electron chi connectivity index (χ4n) is 6.12. The first-order chi connectivity index (χ1) is 29.9. The van der Waals surface area contributed by atoms with Crippen LogP contribution in [0.4, 0.5) is 0 Å². The van der Waals surface area contributed by atoms with Crippen LogP contribution in [0.15, 0.2) is 97.2 Å². The highest BCUT2D eigenvalue weighted by atomic mass is 31.2. The molecule has 0 amide bonds. The number of phosphoric ester groups is 1. The van der Waals surface area contributed by atoms with Crippen LogP contribution >= 0.6 is 7.82 Å². The number of hydrogen-bond acceptors (Lipinski definition) is 12. The van der Waals surface area contributed by atoms with Gasteiger partial charge in [0.25, 0.3) is 0 Å². The van der Waals surface area contributed by atoms with Gasteiger partial charge in [0.2, 0.25) is 0 Å². The van der Waals surface area contributed by atoms with E-state index in [2.05, 4.69) is 73.1 Å². The van der Waals surface area contributed by atoms with Gasteiger partial charge in [-0.05, 0) is 70.6 Å². The summed E-state index contributed by atoms with van der Waals surface area (Å²) in [7, 11) is -4.72. The van der Waals surface area contributed by atoms with Crippen molar-refractivity contribution in [3.63, 3.8) is 0 Å². The summed E-state index contributed by atoms with van der Waals surface area (Å²) in [6, 6.07) is 0. The van der Waals surface area contributed by atoms with E-state index in [0.29, 0.717) is 38.5 Å². The van der Waals surface area contributed by atoms with Gasteiger partial charge < -0.3 is 34.8 Å². The molecule has 0 bridgehead atoms. The Morgan fingerprint density at radius 3 is 1.92 bits per heavy atom. The number of esters is 2. The molecule has 7 atom stereocenters. The van der Waals surface area contributed by atoms with Crippen molar-refractivity contribution in [1.82, 2.24) is 0 Å². The van der Waals surface area contributed by atoms with Crippen molar-refractivity contribution in [2.24, 2.45) is 11.8 Å². The van der Waals surface area contributed by atoms with E-state index in [1.807, 2.05) is 30.4 Å². The highest BCUT2D eigenvalue weighted by Gasteiger charge is 2.39. The molecule has 0 heterocycles. The third-order valence-electron chi connectivity index (χ3n) is 9.61. The average Bonchev–Trinajstić information content (AvgIpc) is 3.52. The molecule has 0 saturated heterocycles. The summed E-state index contributed by atoms with van der Waals surface area (Å²) in [5.74, 6) is -2.08. The van der Waals surface area contributed by atoms with Gasteiger partial charge in [0.05, 0.1) is 32.0 Å². The van der Waals surface area contributed by atoms with Gasteiger partial charge in [-0.1, -0.05) is 130 Å². The lowest BCUT2D eigenvalue weighted by molar-refractivity contribution is -0.161. The SMILES string of the molecule is CC/C=C\C/C=C\C/C=C\C/C=C\C/C=C\C/C=C\CCC(=O)OC[C@H](COP(=O)(O)OC[C@@H](O)CO)OC(=O)CCC/C=C\C[C@H]1[C@@H](O)CC(=O)[C@@H]1/C=C/[C@@H](O)CCCCC. The number of allylic oxidation sites excluding steroid dienone is 15. The third kappa shape index (κ3) is 30.5. The Morgan fingerprint density at radius 2 is 1.32 bits per heavy atom. The first-order valence-corrected chi connectivity index (χ1v) is 23.8. The van der Waals surface area contributed by atoms with E-state index in [1.165, 1.54) is 0 Å². The standard InChI is InChI=1S/C48H75O13P/c1-3-5-7-8-9-10-11-12-13-14-15-16-17-18-19-20-21-22-27-31-47(54)58-38-42(39-60-62(56,57)59-37-41(51)36-49)61-48(55)32-28-24-23-26-30-43-44(46(53)35-45(43)52)34-33-40(50)29-25-6-4-2/h5,7,9-10,12-13,15-16,18-19,21-23,26,33-34,40-45,49-52H,3-4,6,8,11,14,17,20,24-25,27-32,35-39H2,1-2H3,(H,56,57)/b7-5-,10-9-,13-12-,16-15-,19-18-,22-21-,26-23-,34-33+/t40-,41-,42+,43+,44+,45-/m0/s1. The van der Waals surface area contributed by atoms with Crippen molar-refractivity contribution >= 4 is 25.5 Å². The molecule has 0 aliphatic heterocycles. The Kier molecular flexibility index (Phi) is 33.6. The summed E-state index contributed by atoms with van der Waals surface area (Å²) < 4.78 is 32.6. The van der Waals surface area contributed by atoms with Crippen LogP contribution in [0, 0.1) is 11.8 Å². The number of Topliss-reactive ketones (excluding diaryl/α,β-unsaturated/α-hetero) is 1. The number of aliphatic hydroxyl groups excluding tert-OH is 4. The summed E-state index contributed by atoms with van der Waals surface area (Å²) in [6.45, 7) is 1.74. The van der Waals surface area contributed by atoms with Crippen LogP contribution in [0.3, 0.4) is 0 Å². The second-order valence-corrected chi connectivity index (χ2v) is 16.6. The summed E-state index contributed by atoms with van der Waals surface area (Å²) in [5.41, 5.74) is 0. The number of unbranched alkanes of at least 4 members (excludes halogenated alkanes) is 3. The molecule has 1 aliphatic carbocycles. The number of phosphoric acid groups is 1. The van der Waals surface area contributed by atoms with Crippen LogP contribution < -0.4 is 0 Å². The topological polar surface area (TPSA) is 206 Å². The molecule has 0 aromatic rings. The van der Waals surface area contributed by atoms with Gasteiger partial charge in [0.15, 0.2) is 6.10 Å². The van der Waals surface area contributed by atoms with Gasteiger partial charge in [-0.2, -0.15) is 0 Å². The van der Waals surface area contributed by atoms with Crippen molar-refractivity contribution < 1.29 is 62.8 Å². The number of hydrogen-bond donors (Lipinski definition) is 5. The number of rotatable bonds is 36. The van der Waals surface area contributed by atoms with Crippen LogP contribution in [0.2, 0.25) is 0 Å². The number of carbonyl (C=O) groups is 3. The van der Waals surface area contributed by atoms with Gasteiger partial charge in [0, 0.05) is 31.1 Å². The smallest absolute Gasteiger partial charge is 0.462 e. The number of aliphatic hydroxyl groups is 4. The van der Waals surface area contributed by atoms with Gasteiger partial charge in [-0.3, -0.25) is 23.4 Å². The molecule has 0 aromatic heterocycles. The lowest BCUT2D eigenvalue weighted by Gasteiger charge is -2.20. The van der Waals surface area contributed by atoms with Crippen LogP contribution in [0.5, 0.6) is 0 Å². The largest absolute Gasteiger partial charge is 0.472 e. The molecule has 0 spiro atoms. The molecule has 1 fully saturated rings. The maximum Gasteiger partial charge on any atom is 0.472 e. The molecular weight excluding hydrogens is 815 g/mol. The zero-order chi connectivity index (χ0) is 45.7. The minimum absolute atomic E-state index is 0.0285. The predicted molar refractivity (Wildman–Crippen MR) is 243 cm³/mol. The second kappa shape index (κ2) is 36.9. The van der Waals surface area contributed by atoms with Crippen LogP contribution in [-0.4, -0.2) is 93.9 Å². The zero-order valence-electron chi connectivity index (χ0n) is 37.0. The Morgan fingerprint density at radius 1 is 0.742 bits per heavy atom. The Labute approximate surface area is 370 Å². The molecule has 62 heavy (non-hydrogen) atoms. The van der Waals surface area contributed by atoms with Gasteiger partial charge in [-0.25, -0.2) is 4.57 Å². The van der Waals surface area contributed by atoms with Crippen LogP contribution in [0.25, 0.3) is 0 Å². The van der Waals surface area contributed by atoms with Gasteiger partial charge in [-0.15, -0.1) is 0 Å². The third-order valence-corrected chi connectivity index (χ3v) is 10.6. The first kappa shape index (κ1) is 56.5. The molecular formula is C48H75O13P. The van der Waals surface area contributed by atoms with E-state index in [-0.39, 0.29) is 31.0 Å². The van der Waals surface area contributed by atoms with Crippen LogP contribution in [0.1, 0.15) is 123 Å². The Balaban J connectivity index is 2.53. The van der Waals surface area contributed by atoms with Gasteiger partial charge >= 0.3 is 19.8 Å². The van der Waals surface area contributed by atoms with Gasteiger partial charge in [0.1, 0.15) is 18.5 Å². The normalized spacial score (nSPS) is 20.0. The molecule has 1 aliphatic rings. The summed E-state index contributed by atoms with van der Waals surface area (Å²) >= 11 is 0. The van der Waals surface area contributed by atoms with Crippen molar-refractivity contribution in [1.29, 1.82) is 0 Å². The number of ether oxygens (including phenoxy) is 2. The van der Waals surface area contributed by atoms with Crippen molar-refractivity contribution in [3.05, 3.63) is 97.2 Å². The molecule has 0 radical (unpaired) electrons. The summed E-state index contributed by atoms with van der Waals surface area (Å²) in [5, 5.41) is 39.1. The first-order valence-electron chi connectivity index (χ1n) is 22.3. The van der Waals surface area contributed by atoms with E-state index < -0.39 is 76.5 Å². The van der Waals surface area contributed by atoms with Crippen molar-refractivity contribution in [3.8, 4) is 0 Å². The van der Waals surface area contributed by atoms with E-state index >= 15 is 0 Å². The summed E-state index contributed by atoms with van der Waals surface area (Å²) in [4.78, 5) is 47.7. The Hall–Kier alpha value is -3.52. The Bertz CT molecular complexity index is 1510. The monoisotopic (exact) mass is 890 g/mol. The molecule has 1 saturated carbocycles. The maximum absolute atomic E-state index is 12.7. The fourth-order valence-corrected chi connectivity index (χ4v) is 6.91. The molecule has 5 N–H and O–H groups in total. The highest BCUT2D eigenvalue weighted by molar-refractivity contribution is 7.47. The molecule has 14 heteroatoms. The number of ketones is 1. The van der Waals surface area contributed by atoms with Crippen molar-refractivity contribution in [2.45, 2.75) is 147 Å². The molecule has 1 rings (SSSR count). The van der Waals surface area contributed by atoms with E-state index in [1.54, 1.807) is 12.2 Å². The number of carbonyl (C=O) groups excluding carboxylic acids is 3. The molecule has 0 aromatic carbocycles. The van der Waals surface area contributed by atoms with E-state index in [4.69, 9.17) is 19.1 Å². The lowest BCUT2D eigenvalue weighted by Crippen LogP contribution is -2.29. The average molecular weight is 891 g/mol.